The summed E-state index contributed by atoms with van der Waals surface area (Å²) >= 11 is 9.31. The third kappa shape index (κ3) is 2.49. The van der Waals surface area contributed by atoms with E-state index in [0.717, 1.165) is 37.0 Å². The summed E-state index contributed by atoms with van der Waals surface area (Å²) in [6, 6.07) is 8.23. The van der Waals surface area contributed by atoms with E-state index in [9.17, 15) is 8.78 Å². The molecule has 0 N–H and O–H groups in total. The average molecular weight is 358 g/mol. The predicted octanol–water partition coefficient (Wildman–Crippen LogP) is 5.54. The summed E-state index contributed by atoms with van der Waals surface area (Å²) in [5, 5.41) is -0.677. The predicted molar refractivity (Wildman–Crippen MR) is 80.2 cm³/mol. The van der Waals surface area contributed by atoms with Crippen LogP contribution < -0.4 is 0 Å². The summed E-state index contributed by atoms with van der Waals surface area (Å²) < 4.78 is 27.7. The van der Waals surface area contributed by atoms with Gasteiger partial charge in [-0.3, -0.25) is 0 Å². The average Bonchev–Trinajstić information content (AvgIpc) is 2.89. The van der Waals surface area contributed by atoms with Gasteiger partial charge in [0.2, 0.25) is 0 Å². The number of fused-ring (bicyclic) bond motifs is 1. The first-order valence-corrected chi connectivity index (χ1v) is 7.69. The highest BCUT2D eigenvalue weighted by Crippen LogP contribution is 2.35. The van der Waals surface area contributed by atoms with Gasteiger partial charge in [-0.15, -0.1) is 11.6 Å². The van der Waals surface area contributed by atoms with Gasteiger partial charge in [0.1, 0.15) is 11.6 Å². The topological polar surface area (TPSA) is 0 Å². The number of alkyl halides is 1. The normalized spacial score (nSPS) is 15.2. The second kappa shape index (κ2) is 5.45. The summed E-state index contributed by atoms with van der Waals surface area (Å²) in [6.07, 6.45) is 3.26. The van der Waals surface area contributed by atoms with Gasteiger partial charge in [-0.05, 0) is 64.0 Å². The fourth-order valence-corrected chi connectivity index (χ4v) is 3.28. The second-order valence-corrected chi connectivity index (χ2v) is 6.32. The lowest BCUT2D eigenvalue weighted by molar-refractivity contribution is 0.582. The fraction of sp³-hybridized carbons (Fsp3) is 0.250. The largest absolute Gasteiger partial charge is 0.207 e. The lowest BCUT2D eigenvalue weighted by atomic mass is 9.99. The van der Waals surface area contributed by atoms with Gasteiger partial charge in [0, 0.05) is 5.56 Å². The number of aryl methyl sites for hydroxylation is 2. The molecule has 0 aromatic heterocycles. The third-order valence-electron chi connectivity index (χ3n) is 3.73. The van der Waals surface area contributed by atoms with Crippen LogP contribution in [0.3, 0.4) is 0 Å². The standard InChI is InChI=1S/C16H12BrClF2/c17-13-8-14(19)12(7-15(13)20)16(18)11-5-4-9-2-1-3-10(9)6-11/h4-8,16H,1-3H2. The van der Waals surface area contributed by atoms with Crippen molar-refractivity contribution >= 4 is 27.5 Å². The molecule has 1 unspecified atom stereocenters. The van der Waals surface area contributed by atoms with E-state index in [4.69, 9.17) is 11.6 Å². The molecule has 104 valence electrons. The molecule has 0 amide bonds. The molecule has 1 aliphatic carbocycles. The monoisotopic (exact) mass is 356 g/mol. The Kier molecular flexibility index (Phi) is 3.83. The van der Waals surface area contributed by atoms with E-state index < -0.39 is 17.0 Å². The number of hydrogen-bond donors (Lipinski definition) is 0. The van der Waals surface area contributed by atoms with E-state index in [1.807, 2.05) is 18.2 Å². The van der Waals surface area contributed by atoms with Crippen LogP contribution in [0.4, 0.5) is 8.78 Å². The van der Waals surface area contributed by atoms with Crippen molar-refractivity contribution < 1.29 is 8.78 Å². The molecule has 3 rings (SSSR count). The molecular formula is C16H12BrClF2. The molecule has 1 aliphatic rings. The van der Waals surface area contributed by atoms with Gasteiger partial charge >= 0.3 is 0 Å². The summed E-state index contributed by atoms with van der Waals surface area (Å²) in [7, 11) is 0. The van der Waals surface area contributed by atoms with Crippen molar-refractivity contribution in [2.45, 2.75) is 24.6 Å². The smallest absolute Gasteiger partial charge is 0.137 e. The van der Waals surface area contributed by atoms with Crippen molar-refractivity contribution in [3.05, 3.63) is 68.7 Å². The first kappa shape index (κ1) is 14.0. The number of benzene rings is 2. The Labute approximate surface area is 129 Å². The van der Waals surface area contributed by atoms with E-state index in [0.29, 0.717) is 0 Å². The van der Waals surface area contributed by atoms with Gasteiger partial charge < -0.3 is 0 Å². The highest BCUT2D eigenvalue weighted by Gasteiger charge is 2.20. The lowest BCUT2D eigenvalue weighted by Crippen LogP contribution is -2.00. The van der Waals surface area contributed by atoms with Crippen LogP contribution in [0.2, 0.25) is 0 Å². The Morgan fingerprint density at radius 3 is 2.55 bits per heavy atom. The van der Waals surface area contributed by atoms with Crippen molar-refractivity contribution in [3.8, 4) is 0 Å². The maximum absolute atomic E-state index is 14.0. The summed E-state index contributed by atoms with van der Waals surface area (Å²) in [5.74, 6) is -1.01. The number of hydrogen-bond acceptors (Lipinski definition) is 0. The van der Waals surface area contributed by atoms with Crippen molar-refractivity contribution in [1.29, 1.82) is 0 Å². The molecular weight excluding hydrogens is 346 g/mol. The summed E-state index contributed by atoms with van der Waals surface area (Å²) in [5.41, 5.74) is 3.59. The van der Waals surface area contributed by atoms with E-state index in [2.05, 4.69) is 15.9 Å². The van der Waals surface area contributed by atoms with E-state index in [-0.39, 0.29) is 10.0 Å². The van der Waals surface area contributed by atoms with E-state index >= 15 is 0 Å². The third-order valence-corrected chi connectivity index (χ3v) is 4.82. The van der Waals surface area contributed by atoms with Gasteiger partial charge in [-0.25, -0.2) is 8.78 Å². The van der Waals surface area contributed by atoms with Crippen LogP contribution in [0.25, 0.3) is 0 Å². The van der Waals surface area contributed by atoms with Gasteiger partial charge in [-0.2, -0.15) is 0 Å². The molecule has 2 aromatic carbocycles. The van der Waals surface area contributed by atoms with Crippen LogP contribution in [-0.4, -0.2) is 0 Å². The highest BCUT2D eigenvalue weighted by molar-refractivity contribution is 9.10. The Morgan fingerprint density at radius 2 is 1.75 bits per heavy atom. The molecule has 0 saturated heterocycles. The molecule has 0 bridgehead atoms. The maximum atomic E-state index is 14.0. The molecule has 0 saturated carbocycles. The minimum absolute atomic E-state index is 0.108. The van der Waals surface area contributed by atoms with Crippen LogP contribution in [0.5, 0.6) is 0 Å². The first-order chi connectivity index (χ1) is 9.56. The van der Waals surface area contributed by atoms with E-state index in [1.165, 1.54) is 11.1 Å². The van der Waals surface area contributed by atoms with Gasteiger partial charge in [0.05, 0.1) is 9.85 Å². The van der Waals surface area contributed by atoms with Crippen molar-refractivity contribution in [2.75, 3.05) is 0 Å². The number of halogens is 4. The Hall–Kier alpha value is -0.930. The SMILES string of the molecule is Fc1cc(C(Cl)c2ccc3c(c2)CCC3)c(F)cc1Br. The molecule has 0 radical (unpaired) electrons. The lowest BCUT2D eigenvalue weighted by Gasteiger charge is -2.13. The zero-order chi connectivity index (χ0) is 14.3. The summed E-state index contributed by atoms with van der Waals surface area (Å²) in [6.45, 7) is 0. The molecule has 1 atom stereocenters. The Balaban J connectivity index is 2.00. The van der Waals surface area contributed by atoms with Crippen LogP contribution >= 0.6 is 27.5 Å². The molecule has 4 heteroatoms. The van der Waals surface area contributed by atoms with Gasteiger partial charge in [0.25, 0.3) is 0 Å². The minimum atomic E-state index is -0.677. The maximum Gasteiger partial charge on any atom is 0.137 e. The molecule has 2 aromatic rings. The quantitative estimate of drug-likeness (QED) is 0.489. The zero-order valence-electron chi connectivity index (χ0n) is 10.6. The van der Waals surface area contributed by atoms with Crippen LogP contribution in [-0.2, 0) is 12.8 Å². The molecule has 20 heavy (non-hydrogen) atoms. The highest BCUT2D eigenvalue weighted by atomic mass is 79.9. The van der Waals surface area contributed by atoms with E-state index in [1.54, 1.807) is 0 Å². The zero-order valence-corrected chi connectivity index (χ0v) is 12.9. The van der Waals surface area contributed by atoms with Crippen LogP contribution in [0, 0.1) is 11.6 Å². The molecule has 0 nitrogen and oxygen atoms in total. The number of rotatable bonds is 2. The van der Waals surface area contributed by atoms with Crippen molar-refractivity contribution in [2.24, 2.45) is 0 Å². The van der Waals surface area contributed by atoms with Gasteiger partial charge in [0.15, 0.2) is 0 Å². The molecule has 0 fully saturated rings. The van der Waals surface area contributed by atoms with Crippen molar-refractivity contribution in [3.63, 3.8) is 0 Å². The molecule has 0 spiro atoms. The van der Waals surface area contributed by atoms with Crippen LogP contribution in [0.1, 0.15) is 34.1 Å². The Bertz CT molecular complexity index is 670. The molecule has 0 heterocycles. The second-order valence-electron chi connectivity index (χ2n) is 5.03. The molecule has 0 aliphatic heterocycles. The Morgan fingerprint density at radius 1 is 1.00 bits per heavy atom. The fourth-order valence-electron chi connectivity index (χ4n) is 2.66. The summed E-state index contributed by atoms with van der Waals surface area (Å²) in [4.78, 5) is 0. The van der Waals surface area contributed by atoms with Crippen molar-refractivity contribution in [1.82, 2.24) is 0 Å². The first-order valence-electron chi connectivity index (χ1n) is 6.46. The minimum Gasteiger partial charge on any atom is -0.207 e. The van der Waals surface area contributed by atoms with Gasteiger partial charge in [-0.1, -0.05) is 18.2 Å². The van der Waals surface area contributed by atoms with Crippen LogP contribution in [0.15, 0.2) is 34.8 Å².